The Labute approximate surface area is 149 Å². The summed E-state index contributed by atoms with van der Waals surface area (Å²) in [6.07, 6.45) is 0. The van der Waals surface area contributed by atoms with Crippen LogP contribution in [0.3, 0.4) is 0 Å². The largest absolute Gasteiger partial charge is 0.493 e. The molecule has 0 heterocycles. The van der Waals surface area contributed by atoms with Crippen molar-refractivity contribution in [3.05, 3.63) is 29.8 Å². The average Bonchev–Trinajstić information content (AvgIpc) is 2.57. The summed E-state index contributed by atoms with van der Waals surface area (Å²) in [7, 11) is 0. The van der Waals surface area contributed by atoms with Crippen molar-refractivity contribution in [3.63, 3.8) is 0 Å². The highest BCUT2D eigenvalue weighted by Crippen LogP contribution is 2.16. The van der Waals surface area contributed by atoms with Gasteiger partial charge in [0.05, 0.1) is 18.2 Å². The molecule has 6 heteroatoms. The lowest BCUT2D eigenvalue weighted by atomic mass is 9.90. The summed E-state index contributed by atoms with van der Waals surface area (Å²) in [5.74, 6) is -0.266. The van der Waals surface area contributed by atoms with Crippen molar-refractivity contribution in [2.75, 3.05) is 13.2 Å². The maximum absolute atomic E-state index is 12.1. The third-order valence-corrected chi connectivity index (χ3v) is 3.77. The molecule has 0 spiro atoms. The number of nitriles is 1. The zero-order valence-electron chi connectivity index (χ0n) is 15.5. The minimum Gasteiger partial charge on any atom is -0.493 e. The molecule has 1 aromatic rings. The van der Waals surface area contributed by atoms with E-state index in [9.17, 15) is 14.9 Å². The van der Waals surface area contributed by atoms with Gasteiger partial charge in [-0.05, 0) is 37.0 Å². The molecule has 1 rings (SSSR count). The molecule has 0 aliphatic carbocycles. The second kappa shape index (κ2) is 9.07. The van der Waals surface area contributed by atoms with Crippen LogP contribution in [0.5, 0.6) is 5.75 Å². The van der Waals surface area contributed by atoms with Crippen LogP contribution >= 0.6 is 0 Å². The Bertz CT molecular complexity index is 649. The quantitative estimate of drug-likeness (QED) is 0.731. The van der Waals surface area contributed by atoms with Crippen LogP contribution in [0.4, 0.5) is 0 Å². The summed E-state index contributed by atoms with van der Waals surface area (Å²) in [6, 6.07) is 8.69. The third-order valence-electron chi connectivity index (χ3n) is 3.77. The molecule has 1 N–H and O–H groups in total. The fourth-order valence-electron chi connectivity index (χ4n) is 1.82. The standard InChI is InChI=1S/C19H26N2O4/c1-13(2)10-24-16-8-6-7-15(9-16)18(23)25-11-17(22)21-19(5,12-20)14(3)4/h6-9,13-14H,10-11H2,1-5H3,(H,21,22)/t19-/m1/s1. The normalized spacial score (nSPS) is 13.0. The van der Waals surface area contributed by atoms with Crippen LogP contribution in [0.1, 0.15) is 45.0 Å². The molecule has 0 bridgehead atoms. The van der Waals surface area contributed by atoms with E-state index >= 15 is 0 Å². The first-order valence-corrected chi connectivity index (χ1v) is 8.30. The summed E-state index contributed by atoms with van der Waals surface area (Å²) >= 11 is 0. The van der Waals surface area contributed by atoms with E-state index in [2.05, 4.69) is 11.4 Å². The van der Waals surface area contributed by atoms with Gasteiger partial charge in [0, 0.05) is 0 Å². The Balaban J connectivity index is 2.61. The third kappa shape index (κ3) is 6.46. The Kier molecular flexibility index (Phi) is 7.43. The number of rotatable bonds is 8. The molecule has 0 radical (unpaired) electrons. The molecule has 1 amide bonds. The lowest BCUT2D eigenvalue weighted by molar-refractivity contribution is -0.125. The van der Waals surface area contributed by atoms with Gasteiger partial charge in [-0.15, -0.1) is 0 Å². The van der Waals surface area contributed by atoms with Crippen LogP contribution < -0.4 is 10.1 Å². The van der Waals surface area contributed by atoms with Crippen LogP contribution in [0.15, 0.2) is 24.3 Å². The number of nitrogens with one attached hydrogen (secondary N) is 1. The van der Waals surface area contributed by atoms with E-state index in [1.54, 1.807) is 31.2 Å². The molecular formula is C19H26N2O4. The summed E-state index contributed by atoms with van der Waals surface area (Å²) in [5, 5.41) is 11.8. The van der Waals surface area contributed by atoms with Gasteiger partial charge >= 0.3 is 5.97 Å². The molecule has 0 aliphatic rings. The molecule has 0 saturated carbocycles. The lowest BCUT2D eigenvalue weighted by Crippen LogP contribution is -2.50. The number of esters is 1. The number of ether oxygens (including phenoxy) is 2. The van der Waals surface area contributed by atoms with Crippen LogP contribution in [0.2, 0.25) is 0 Å². The van der Waals surface area contributed by atoms with Gasteiger partial charge in [0.25, 0.3) is 5.91 Å². The van der Waals surface area contributed by atoms with Gasteiger partial charge in [0.15, 0.2) is 6.61 Å². The summed E-state index contributed by atoms with van der Waals surface area (Å²) in [6.45, 7) is 9.46. The maximum atomic E-state index is 12.1. The monoisotopic (exact) mass is 346 g/mol. The highest BCUT2D eigenvalue weighted by atomic mass is 16.5. The summed E-state index contributed by atoms with van der Waals surface area (Å²) < 4.78 is 10.6. The second-order valence-corrected chi connectivity index (χ2v) is 6.83. The maximum Gasteiger partial charge on any atom is 0.338 e. The zero-order chi connectivity index (χ0) is 19.0. The molecule has 6 nitrogen and oxygen atoms in total. The van der Waals surface area contributed by atoms with Crippen LogP contribution in [-0.4, -0.2) is 30.6 Å². The number of carbonyl (C=O) groups excluding carboxylic acids is 2. The van der Waals surface area contributed by atoms with Crippen molar-refractivity contribution in [3.8, 4) is 11.8 Å². The molecular weight excluding hydrogens is 320 g/mol. The lowest BCUT2D eigenvalue weighted by Gasteiger charge is -2.27. The molecule has 0 aliphatic heterocycles. The van der Waals surface area contributed by atoms with Crippen LogP contribution in [-0.2, 0) is 9.53 Å². The van der Waals surface area contributed by atoms with Crippen LogP contribution in [0, 0.1) is 23.2 Å². The van der Waals surface area contributed by atoms with E-state index in [1.807, 2.05) is 27.7 Å². The highest BCUT2D eigenvalue weighted by Gasteiger charge is 2.30. The van der Waals surface area contributed by atoms with Crippen molar-refractivity contribution >= 4 is 11.9 Å². The molecule has 136 valence electrons. The predicted molar refractivity (Wildman–Crippen MR) is 94.1 cm³/mol. The summed E-state index contributed by atoms with van der Waals surface area (Å²) in [5.41, 5.74) is -0.699. The predicted octanol–water partition coefficient (Wildman–Crippen LogP) is 2.93. The molecule has 0 fully saturated rings. The van der Waals surface area contributed by atoms with Gasteiger partial charge in [0.2, 0.25) is 0 Å². The number of hydrogen-bond donors (Lipinski definition) is 1. The Morgan fingerprint density at radius 1 is 1.28 bits per heavy atom. The Morgan fingerprint density at radius 3 is 2.52 bits per heavy atom. The van der Waals surface area contributed by atoms with Crippen molar-refractivity contribution in [1.29, 1.82) is 5.26 Å². The van der Waals surface area contributed by atoms with E-state index < -0.39 is 24.0 Å². The zero-order valence-corrected chi connectivity index (χ0v) is 15.5. The number of carbonyl (C=O) groups is 2. The Hall–Kier alpha value is -2.55. The molecule has 25 heavy (non-hydrogen) atoms. The van der Waals surface area contributed by atoms with E-state index in [4.69, 9.17) is 9.47 Å². The number of benzene rings is 1. The smallest absolute Gasteiger partial charge is 0.338 e. The first-order valence-electron chi connectivity index (χ1n) is 8.30. The fraction of sp³-hybridized carbons (Fsp3) is 0.526. The summed E-state index contributed by atoms with van der Waals surface area (Å²) in [4.78, 5) is 24.0. The molecule has 0 unspecified atom stereocenters. The number of hydrogen-bond acceptors (Lipinski definition) is 5. The SMILES string of the molecule is CC(C)COc1cccc(C(=O)OCC(=O)N[C@](C)(C#N)C(C)C)c1. The van der Waals surface area contributed by atoms with E-state index in [0.29, 0.717) is 23.8 Å². The van der Waals surface area contributed by atoms with Gasteiger partial charge in [0.1, 0.15) is 11.3 Å². The first-order chi connectivity index (χ1) is 11.7. The van der Waals surface area contributed by atoms with Crippen molar-refractivity contribution in [2.45, 2.75) is 40.2 Å². The molecule has 1 atom stereocenters. The van der Waals surface area contributed by atoms with Gasteiger partial charge in [-0.1, -0.05) is 33.8 Å². The van der Waals surface area contributed by atoms with Gasteiger partial charge in [-0.2, -0.15) is 5.26 Å². The number of nitrogens with zero attached hydrogens (tertiary/aromatic N) is 1. The second-order valence-electron chi connectivity index (χ2n) is 6.83. The number of amides is 1. The average molecular weight is 346 g/mol. The van der Waals surface area contributed by atoms with E-state index in [0.717, 1.165) is 0 Å². The fourth-order valence-corrected chi connectivity index (χ4v) is 1.82. The van der Waals surface area contributed by atoms with Crippen molar-refractivity contribution in [1.82, 2.24) is 5.32 Å². The topological polar surface area (TPSA) is 88.4 Å². The highest BCUT2D eigenvalue weighted by molar-refractivity contribution is 5.91. The van der Waals surface area contributed by atoms with E-state index in [1.165, 1.54) is 0 Å². The first kappa shape index (κ1) is 20.5. The molecule has 0 aromatic heterocycles. The minimum atomic E-state index is -1.01. The van der Waals surface area contributed by atoms with Crippen molar-refractivity contribution < 1.29 is 19.1 Å². The molecule has 1 aromatic carbocycles. The molecule has 0 saturated heterocycles. The van der Waals surface area contributed by atoms with E-state index in [-0.39, 0.29) is 5.92 Å². The Morgan fingerprint density at radius 2 is 1.96 bits per heavy atom. The van der Waals surface area contributed by atoms with Crippen LogP contribution in [0.25, 0.3) is 0 Å². The van der Waals surface area contributed by atoms with Gasteiger partial charge in [-0.3, -0.25) is 4.79 Å². The van der Waals surface area contributed by atoms with Crippen molar-refractivity contribution in [2.24, 2.45) is 11.8 Å². The minimum absolute atomic E-state index is 0.0769. The van der Waals surface area contributed by atoms with Gasteiger partial charge in [-0.25, -0.2) is 4.79 Å². The van der Waals surface area contributed by atoms with Gasteiger partial charge < -0.3 is 14.8 Å².